The molecule has 9 atom stereocenters. The fraction of sp³-hybridized carbons (Fsp3) is 0.864. The maximum atomic E-state index is 12.9. The number of fused-ring (bicyclic) bond motifs is 2. The van der Waals surface area contributed by atoms with Crippen LogP contribution in [0.4, 0.5) is 0 Å². The molecule has 0 aromatic heterocycles. The SMILES string of the molecule is CCC1OC(=O)C(C)C(O)C(C)[C@@H](C)[C@]2(C)CC(C)C3(OC1(C)C=C3CBr)O2. The van der Waals surface area contributed by atoms with Crippen molar-refractivity contribution in [3.8, 4) is 0 Å². The van der Waals surface area contributed by atoms with Gasteiger partial charge in [-0.15, -0.1) is 0 Å². The molecule has 2 fully saturated rings. The zero-order valence-electron chi connectivity index (χ0n) is 18.1. The van der Waals surface area contributed by atoms with Gasteiger partial charge in [-0.1, -0.05) is 43.6 Å². The molecule has 1 N–H and O–H groups in total. The lowest BCUT2D eigenvalue weighted by molar-refractivity contribution is -0.286. The Kier molecular flexibility index (Phi) is 5.85. The minimum absolute atomic E-state index is 0.0352. The third-order valence-electron chi connectivity index (χ3n) is 7.61. The number of cyclic esters (lactones) is 1. The van der Waals surface area contributed by atoms with Crippen molar-refractivity contribution < 1.29 is 24.1 Å². The highest BCUT2D eigenvalue weighted by atomic mass is 79.9. The molecule has 0 aromatic carbocycles. The largest absolute Gasteiger partial charge is 0.459 e. The minimum Gasteiger partial charge on any atom is -0.459 e. The van der Waals surface area contributed by atoms with Crippen LogP contribution >= 0.6 is 15.9 Å². The van der Waals surface area contributed by atoms with E-state index in [1.54, 1.807) is 6.92 Å². The Bertz CT molecular complexity index is 665. The van der Waals surface area contributed by atoms with E-state index in [1.165, 1.54) is 0 Å². The van der Waals surface area contributed by atoms with Crippen molar-refractivity contribution in [2.45, 2.75) is 90.5 Å². The fourth-order valence-electron chi connectivity index (χ4n) is 5.47. The number of alkyl halides is 1. The number of aliphatic hydroxyl groups excluding tert-OH is 1. The molecule has 3 bridgehead atoms. The lowest BCUT2D eigenvalue weighted by Gasteiger charge is -2.43. The number of carbonyl (C=O) groups excluding carboxylic acids is 1. The Morgan fingerprint density at radius 1 is 1.21 bits per heavy atom. The fourth-order valence-corrected chi connectivity index (χ4v) is 6.02. The normalized spacial score (nSPS) is 51.9. The molecule has 28 heavy (non-hydrogen) atoms. The quantitative estimate of drug-likeness (QED) is 0.381. The number of aliphatic hydroxyl groups is 1. The minimum atomic E-state index is -0.837. The third kappa shape index (κ3) is 3.19. The summed E-state index contributed by atoms with van der Waals surface area (Å²) >= 11 is 3.62. The van der Waals surface area contributed by atoms with Crippen molar-refractivity contribution in [1.29, 1.82) is 0 Å². The van der Waals surface area contributed by atoms with Gasteiger partial charge in [0.2, 0.25) is 0 Å². The number of carbonyl (C=O) groups is 1. The van der Waals surface area contributed by atoms with Crippen LogP contribution in [0.5, 0.6) is 0 Å². The molecule has 6 heteroatoms. The van der Waals surface area contributed by atoms with E-state index in [0.717, 1.165) is 12.0 Å². The Morgan fingerprint density at radius 3 is 2.43 bits per heavy atom. The zero-order valence-corrected chi connectivity index (χ0v) is 19.7. The second-order valence-corrected chi connectivity index (χ2v) is 10.1. The second kappa shape index (κ2) is 7.36. The Morgan fingerprint density at radius 2 is 1.86 bits per heavy atom. The summed E-state index contributed by atoms with van der Waals surface area (Å²) in [7, 11) is 0. The number of esters is 1. The molecule has 3 rings (SSSR count). The van der Waals surface area contributed by atoms with E-state index in [-0.39, 0.29) is 23.7 Å². The van der Waals surface area contributed by atoms with E-state index in [9.17, 15) is 9.90 Å². The maximum Gasteiger partial charge on any atom is 0.311 e. The predicted molar refractivity (Wildman–Crippen MR) is 111 cm³/mol. The van der Waals surface area contributed by atoms with Gasteiger partial charge in [-0.25, -0.2) is 0 Å². The van der Waals surface area contributed by atoms with E-state index in [4.69, 9.17) is 14.2 Å². The van der Waals surface area contributed by atoms with Crippen LogP contribution < -0.4 is 0 Å². The van der Waals surface area contributed by atoms with Gasteiger partial charge in [-0.2, -0.15) is 0 Å². The predicted octanol–water partition coefficient (Wildman–Crippen LogP) is 4.21. The van der Waals surface area contributed by atoms with E-state index >= 15 is 0 Å². The third-order valence-corrected chi connectivity index (χ3v) is 8.22. The zero-order chi connectivity index (χ0) is 21.1. The Balaban J connectivity index is 2.13. The highest BCUT2D eigenvalue weighted by molar-refractivity contribution is 9.09. The van der Waals surface area contributed by atoms with Gasteiger partial charge < -0.3 is 19.3 Å². The van der Waals surface area contributed by atoms with Crippen LogP contribution in [0.2, 0.25) is 0 Å². The van der Waals surface area contributed by atoms with Crippen molar-refractivity contribution in [1.82, 2.24) is 0 Å². The van der Waals surface area contributed by atoms with Gasteiger partial charge in [0.15, 0.2) is 5.79 Å². The maximum absolute atomic E-state index is 12.9. The molecule has 1 spiro atoms. The van der Waals surface area contributed by atoms with E-state index in [0.29, 0.717) is 11.8 Å². The number of hydrogen-bond donors (Lipinski definition) is 1. The summed E-state index contributed by atoms with van der Waals surface area (Å²) in [6.45, 7) is 14.1. The molecule has 0 amide bonds. The van der Waals surface area contributed by atoms with Gasteiger partial charge >= 0.3 is 5.97 Å². The molecule has 3 aliphatic heterocycles. The second-order valence-electron chi connectivity index (χ2n) is 9.54. The summed E-state index contributed by atoms with van der Waals surface area (Å²) in [5.74, 6) is -1.77. The van der Waals surface area contributed by atoms with Crippen molar-refractivity contribution in [2.75, 3.05) is 5.33 Å². The van der Waals surface area contributed by atoms with Crippen LogP contribution in [-0.2, 0) is 19.0 Å². The standard InChI is InChI=1S/C22H35BrO5/c1-8-17-21(7)10-16(11-23)22(28-21)12(2)9-20(6,27-22)15(5)13(3)18(24)14(4)19(25)26-17/h10,12-15,17-18,24H,8-9,11H2,1-7H3/t12?,13?,14?,15-,17?,18?,20+,21?,22?/m1/s1. The van der Waals surface area contributed by atoms with Crippen molar-refractivity contribution in [2.24, 2.45) is 23.7 Å². The lowest BCUT2D eigenvalue weighted by atomic mass is 9.73. The first-order valence-electron chi connectivity index (χ1n) is 10.5. The monoisotopic (exact) mass is 458 g/mol. The summed E-state index contributed by atoms with van der Waals surface area (Å²) in [5, 5.41) is 11.6. The summed E-state index contributed by atoms with van der Waals surface area (Å²) in [5.41, 5.74) is -0.184. The van der Waals surface area contributed by atoms with Crippen molar-refractivity contribution in [3.05, 3.63) is 11.6 Å². The van der Waals surface area contributed by atoms with Gasteiger partial charge in [0.25, 0.3) is 0 Å². The summed E-state index contributed by atoms with van der Waals surface area (Å²) in [4.78, 5) is 12.9. The molecule has 0 aromatic rings. The summed E-state index contributed by atoms with van der Waals surface area (Å²) in [6.07, 6.45) is 2.29. The molecular formula is C22H35BrO5. The Hall–Kier alpha value is -0.430. The molecule has 5 nitrogen and oxygen atoms in total. The molecular weight excluding hydrogens is 424 g/mol. The van der Waals surface area contributed by atoms with Gasteiger partial charge in [-0.3, -0.25) is 4.79 Å². The molecule has 7 unspecified atom stereocenters. The van der Waals surface area contributed by atoms with Crippen LogP contribution in [0, 0.1) is 23.7 Å². The summed E-state index contributed by atoms with van der Waals surface area (Å²) < 4.78 is 19.4. The number of ether oxygens (including phenoxy) is 3. The number of halogens is 1. The van der Waals surface area contributed by atoms with Crippen LogP contribution in [0.3, 0.4) is 0 Å². The van der Waals surface area contributed by atoms with Crippen LogP contribution in [-0.4, -0.2) is 45.6 Å². The highest BCUT2D eigenvalue weighted by Gasteiger charge is 2.63. The number of rotatable bonds is 2. The van der Waals surface area contributed by atoms with E-state index in [2.05, 4.69) is 42.8 Å². The molecule has 160 valence electrons. The molecule has 3 aliphatic rings. The van der Waals surface area contributed by atoms with Gasteiger partial charge in [-0.05, 0) is 57.1 Å². The van der Waals surface area contributed by atoms with Crippen molar-refractivity contribution >= 4 is 21.9 Å². The molecule has 0 saturated carbocycles. The molecule has 0 aliphatic carbocycles. The average molecular weight is 459 g/mol. The molecule has 3 heterocycles. The first kappa shape index (κ1) is 22.3. The van der Waals surface area contributed by atoms with E-state index < -0.39 is 35.1 Å². The summed E-state index contributed by atoms with van der Waals surface area (Å²) in [6, 6.07) is 0. The van der Waals surface area contributed by atoms with Gasteiger partial charge in [0.1, 0.15) is 11.7 Å². The smallest absolute Gasteiger partial charge is 0.311 e. The van der Waals surface area contributed by atoms with Crippen LogP contribution in [0.1, 0.15) is 61.3 Å². The molecule has 2 saturated heterocycles. The van der Waals surface area contributed by atoms with E-state index in [1.807, 2.05) is 20.8 Å². The number of hydrogen-bond acceptors (Lipinski definition) is 5. The van der Waals surface area contributed by atoms with Crippen LogP contribution in [0.25, 0.3) is 0 Å². The first-order chi connectivity index (χ1) is 12.9. The van der Waals surface area contributed by atoms with Gasteiger partial charge in [0.05, 0.1) is 17.6 Å². The topological polar surface area (TPSA) is 65.0 Å². The Labute approximate surface area is 177 Å². The average Bonchev–Trinajstić information content (AvgIpc) is 3.09. The van der Waals surface area contributed by atoms with Crippen molar-refractivity contribution in [3.63, 3.8) is 0 Å². The van der Waals surface area contributed by atoms with Gasteiger partial charge in [0, 0.05) is 11.2 Å². The first-order valence-corrected chi connectivity index (χ1v) is 11.6. The molecule has 0 radical (unpaired) electrons. The lowest BCUT2D eigenvalue weighted by Crippen LogP contribution is -2.51. The highest BCUT2D eigenvalue weighted by Crippen LogP contribution is 2.57. The van der Waals surface area contributed by atoms with Crippen LogP contribution in [0.15, 0.2) is 11.6 Å².